The van der Waals surface area contributed by atoms with Gasteiger partial charge in [0.25, 0.3) is 0 Å². The van der Waals surface area contributed by atoms with E-state index in [1.165, 1.54) is 15.8 Å². The van der Waals surface area contributed by atoms with Gasteiger partial charge in [-0.3, -0.25) is 4.79 Å². The number of anilines is 1. The van der Waals surface area contributed by atoms with Crippen LogP contribution in [0.2, 0.25) is 0 Å². The number of hydrogen-bond donors (Lipinski definition) is 0. The molecule has 0 saturated carbocycles. The van der Waals surface area contributed by atoms with Crippen LogP contribution in [0.15, 0.2) is 72.1 Å². The van der Waals surface area contributed by atoms with Gasteiger partial charge in [-0.25, -0.2) is 0 Å². The molecule has 4 aromatic rings. The van der Waals surface area contributed by atoms with E-state index in [0.717, 1.165) is 29.9 Å². The number of amides is 1. The molecule has 0 fully saturated rings. The van der Waals surface area contributed by atoms with Crippen molar-refractivity contribution in [1.29, 1.82) is 0 Å². The number of thiophene rings is 1. The van der Waals surface area contributed by atoms with E-state index in [9.17, 15) is 4.79 Å². The number of hydrogen-bond acceptors (Lipinski definition) is 2. The second kappa shape index (κ2) is 6.15. The van der Waals surface area contributed by atoms with Crippen molar-refractivity contribution in [2.75, 3.05) is 11.4 Å². The molecule has 0 spiro atoms. The monoisotopic (exact) mass is 358 g/mol. The molecule has 5 rings (SSSR count). The van der Waals surface area contributed by atoms with E-state index in [0.29, 0.717) is 6.54 Å². The first-order chi connectivity index (χ1) is 12.8. The minimum absolute atomic E-state index is 0.147. The maximum Gasteiger partial charge on any atom is 0.246 e. The number of aromatic nitrogens is 1. The average molecular weight is 358 g/mol. The summed E-state index contributed by atoms with van der Waals surface area (Å²) in [4.78, 5) is 16.3. The third-order valence-corrected chi connectivity index (χ3v) is 5.96. The fourth-order valence-electron chi connectivity index (χ4n) is 3.83. The SMILES string of the molecule is O=C(Cn1c(-c2cccs2)cc2ccccc21)N1CCc2ccccc21. The summed E-state index contributed by atoms with van der Waals surface area (Å²) in [6.45, 7) is 1.13. The zero-order valence-electron chi connectivity index (χ0n) is 14.3. The lowest BCUT2D eigenvalue weighted by Gasteiger charge is -2.19. The van der Waals surface area contributed by atoms with Crippen LogP contribution in [-0.4, -0.2) is 17.0 Å². The van der Waals surface area contributed by atoms with E-state index >= 15 is 0 Å². The molecule has 3 nitrogen and oxygen atoms in total. The summed E-state index contributed by atoms with van der Waals surface area (Å²) in [6, 6.07) is 22.9. The molecule has 2 aromatic carbocycles. The van der Waals surface area contributed by atoms with Gasteiger partial charge in [-0.1, -0.05) is 42.5 Å². The highest BCUT2D eigenvalue weighted by Gasteiger charge is 2.25. The molecule has 0 radical (unpaired) electrons. The molecular weight excluding hydrogens is 340 g/mol. The van der Waals surface area contributed by atoms with Crippen molar-refractivity contribution in [3.8, 4) is 10.6 Å². The van der Waals surface area contributed by atoms with E-state index in [1.54, 1.807) is 11.3 Å². The van der Waals surface area contributed by atoms with Gasteiger partial charge in [0, 0.05) is 23.1 Å². The van der Waals surface area contributed by atoms with Gasteiger partial charge in [0.15, 0.2) is 0 Å². The third kappa shape index (κ3) is 2.45. The zero-order valence-corrected chi connectivity index (χ0v) is 15.1. The van der Waals surface area contributed by atoms with Crippen LogP contribution in [0.3, 0.4) is 0 Å². The van der Waals surface area contributed by atoms with E-state index in [-0.39, 0.29) is 5.91 Å². The van der Waals surface area contributed by atoms with Crippen LogP contribution in [0.4, 0.5) is 5.69 Å². The number of carbonyl (C=O) groups excluding carboxylic acids is 1. The van der Waals surface area contributed by atoms with Crippen LogP contribution in [-0.2, 0) is 17.8 Å². The van der Waals surface area contributed by atoms with Gasteiger partial charge in [-0.05, 0) is 41.6 Å². The van der Waals surface area contributed by atoms with Crippen LogP contribution in [0, 0.1) is 0 Å². The van der Waals surface area contributed by atoms with Crippen LogP contribution < -0.4 is 4.90 Å². The van der Waals surface area contributed by atoms with Crippen LogP contribution in [0.1, 0.15) is 5.56 Å². The van der Waals surface area contributed by atoms with Gasteiger partial charge in [0.05, 0.1) is 10.6 Å². The van der Waals surface area contributed by atoms with Gasteiger partial charge in [0.2, 0.25) is 5.91 Å². The highest BCUT2D eigenvalue weighted by Crippen LogP contribution is 2.32. The smallest absolute Gasteiger partial charge is 0.246 e. The number of rotatable bonds is 3. The Hall–Kier alpha value is -2.85. The first-order valence-electron chi connectivity index (χ1n) is 8.82. The van der Waals surface area contributed by atoms with Crippen LogP contribution in [0.25, 0.3) is 21.5 Å². The minimum Gasteiger partial charge on any atom is -0.330 e. The summed E-state index contributed by atoms with van der Waals surface area (Å²) in [5.74, 6) is 0.147. The zero-order chi connectivity index (χ0) is 17.5. The molecule has 1 aliphatic rings. The lowest BCUT2D eigenvalue weighted by atomic mass is 10.2. The molecule has 128 valence electrons. The molecular formula is C22H18N2OS. The fourth-order valence-corrected chi connectivity index (χ4v) is 4.58. The van der Waals surface area contributed by atoms with Crippen molar-refractivity contribution in [3.05, 3.63) is 77.7 Å². The second-order valence-electron chi connectivity index (χ2n) is 6.58. The molecule has 0 unspecified atom stereocenters. The molecule has 2 aromatic heterocycles. The maximum absolute atomic E-state index is 13.1. The van der Waals surface area contributed by atoms with Gasteiger partial charge >= 0.3 is 0 Å². The predicted octanol–water partition coefficient (Wildman–Crippen LogP) is 4.96. The largest absolute Gasteiger partial charge is 0.330 e. The number of fused-ring (bicyclic) bond motifs is 2. The number of benzene rings is 2. The molecule has 0 bridgehead atoms. The lowest BCUT2D eigenvalue weighted by Crippen LogP contribution is -2.32. The highest BCUT2D eigenvalue weighted by molar-refractivity contribution is 7.13. The predicted molar refractivity (Wildman–Crippen MR) is 108 cm³/mol. The molecule has 4 heteroatoms. The first-order valence-corrected chi connectivity index (χ1v) is 9.69. The Morgan fingerprint density at radius 1 is 1.00 bits per heavy atom. The Kier molecular flexibility index (Phi) is 3.64. The maximum atomic E-state index is 13.1. The number of nitrogens with zero attached hydrogens (tertiary/aromatic N) is 2. The van der Waals surface area contributed by atoms with Crippen LogP contribution in [0.5, 0.6) is 0 Å². The van der Waals surface area contributed by atoms with E-state index in [2.05, 4.69) is 46.3 Å². The lowest BCUT2D eigenvalue weighted by molar-refractivity contribution is -0.119. The van der Waals surface area contributed by atoms with E-state index in [4.69, 9.17) is 0 Å². The molecule has 0 N–H and O–H groups in total. The average Bonchev–Trinajstić information content (AvgIpc) is 3.40. The quantitative estimate of drug-likeness (QED) is 0.508. The van der Waals surface area contributed by atoms with Gasteiger partial charge < -0.3 is 9.47 Å². The molecule has 0 saturated heterocycles. The van der Waals surface area contributed by atoms with Crippen molar-refractivity contribution < 1.29 is 4.79 Å². The Labute approximate surface area is 156 Å². The van der Waals surface area contributed by atoms with Crippen molar-refractivity contribution in [1.82, 2.24) is 4.57 Å². The molecule has 26 heavy (non-hydrogen) atoms. The Morgan fingerprint density at radius 3 is 2.73 bits per heavy atom. The van der Waals surface area contributed by atoms with Crippen molar-refractivity contribution in [2.45, 2.75) is 13.0 Å². The summed E-state index contributed by atoms with van der Waals surface area (Å²) in [6.07, 6.45) is 0.937. The second-order valence-corrected chi connectivity index (χ2v) is 7.52. The third-order valence-electron chi connectivity index (χ3n) is 5.07. The van der Waals surface area contributed by atoms with Gasteiger partial charge in [-0.2, -0.15) is 0 Å². The highest BCUT2D eigenvalue weighted by atomic mass is 32.1. The van der Waals surface area contributed by atoms with Crippen molar-refractivity contribution in [3.63, 3.8) is 0 Å². The fraction of sp³-hybridized carbons (Fsp3) is 0.136. The van der Waals surface area contributed by atoms with E-state index < -0.39 is 0 Å². The Balaban J connectivity index is 1.55. The molecule has 1 amide bonds. The van der Waals surface area contributed by atoms with Gasteiger partial charge in [-0.15, -0.1) is 11.3 Å². The number of carbonyl (C=O) groups is 1. The summed E-state index contributed by atoms with van der Waals surface area (Å²) < 4.78 is 2.16. The van der Waals surface area contributed by atoms with E-state index in [1.807, 2.05) is 35.2 Å². The minimum atomic E-state index is 0.147. The topological polar surface area (TPSA) is 25.2 Å². The van der Waals surface area contributed by atoms with Crippen molar-refractivity contribution >= 4 is 33.8 Å². The summed E-state index contributed by atoms with van der Waals surface area (Å²) >= 11 is 1.71. The standard InChI is InChI=1S/C22H18N2OS/c25-22(23-12-11-16-6-1-3-8-18(16)23)15-24-19-9-4-2-7-17(19)14-20(24)21-10-5-13-26-21/h1-10,13-14H,11-12,15H2. The van der Waals surface area contributed by atoms with Gasteiger partial charge in [0.1, 0.15) is 6.54 Å². The number of para-hydroxylation sites is 2. The van der Waals surface area contributed by atoms with Crippen LogP contribution >= 0.6 is 11.3 Å². The summed E-state index contributed by atoms with van der Waals surface area (Å²) in [5, 5.41) is 3.25. The molecule has 0 atom stereocenters. The van der Waals surface area contributed by atoms with Crippen molar-refractivity contribution in [2.24, 2.45) is 0 Å². The first kappa shape index (κ1) is 15.4. The summed E-state index contributed by atoms with van der Waals surface area (Å²) in [5.41, 5.74) is 4.54. The molecule has 3 heterocycles. The Morgan fingerprint density at radius 2 is 1.85 bits per heavy atom. The molecule has 1 aliphatic heterocycles. The normalized spacial score (nSPS) is 13.3. The Bertz CT molecular complexity index is 1090. The summed E-state index contributed by atoms with van der Waals surface area (Å²) in [7, 11) is 0. The molecule has 0 aliphatic carbocycles.